The van der Waals surface area contributed by atoms with Crippen molar-refractivity contribution < 1.29 is 9.53 Å². The quantitative estimate of drug-likeness (QED) is 0.478. The van der Waals surface area contributed by atoms with E-state index in [0.717, 1.165) is 17.6 Å². The van der Waals surface area contributed by atoms with Gasteiger partial charge in [0.2, 0.25) is 0 Å². The number of halogens is 1. The molecule has 0 saturated heterocycles. The van der Waals surface area contributed by atoms with Gasteiger partial charge in [-0.1, -0.05) is 46.3 Å². The number of allylic oxidation sites excluding steroid dienone is 1. The fourth-order valence-electron chi connectivity index (χ4n) is 1.22. The van der Waals surface area contributed by atoms with E-state index in [2.05, 4.69) is 15.9 Å². The smallest absolute Gasteiger partial charge is 0.331 e. The molecule has 1 atom stereocenters. The Morgan fingerprint density at radius 1 is 1.47 bits per heavy atom. The van der Waals surface area contributed by atoms with Gasteiger partial charge in [-0.2, -0.15) is 0 Å². The molecule has 2 nitrogen and oxygen atoms in total. The van der Waals surface area contributed by atoms with Crippen molar-refractivity contribution in [3.05, 3.63) is 47.5 Å². The van der Waals surface area contributed by atoms with Crippen molar-refractivity contribution in [2.24, 2.45) is 0 Å². The van der Waals surface area contributed by atoms with E-state index in [1.165, 1.54) is 0 Å². The molecule has 0 N–H and O–H groups in total. The van der Waals surface area contributed by atoms with E-state index in [1.54, 1.807) is 6.08 Å². The minimum absolute atomic E-state index is 0.254. The summed E-state index contributed by atoms with van der Waals surface area (Å²) < 4.78 is 5.09. The van der Waals surface area contributed by atoms with Crippen LogP contribution in [0.4, 0.5) is 0 Å². The molecule has 0 bridgehead atoms. The Labute approximate surface area is 97.1 Å². The number of rotatable bonds is 3. The monoisotopic (exact) mass is 266 g/mol. The van der Waals surface area contributed by atoms with Gasteiger partial charge in [-0.15, -0.1) is 0 Å². The highest BCUT2D eigenvalue weighted by Gasteiger charge is 2.27. The molecule has 1 aromatic rings. The summed E-state index contributed by atoms with van der Waals surface area (Å²) in [6.07, 6.45) is 2.53. The van der Waals surface area contributed by atoms with Gasteiger partial charge in [-0.25, -0.2) is 4.79 Å². The summed E-state index contributed by atoms with van der Waals surface area (Å²) in [5, 5.41) is 0. The van der Waals surface area contributed by atoms with Gasteiger partial charge in [-0.3, -0.25) is 0 Å². The molecule has 0 amide bonds. The zero-order valence-electron chi connectivity index (χ0n) is 8.15. The van der Waals surface area contributed by atoms with Crippen LogP contribution >= 0.6 is 15.9 Å². The van der Waals surface area contributed by atoms with Gasteiger partial charge in [0.05, 0.1) is 0 Å². The van der Waals surface area contributed by atoms with Gasteiger partial charge in [0.25, 0.3) is 0 Å². The maximum absolute atomic E-state index is 11.3. The van der Waals surface area contributed by atoms with Crippen LogP contribution in [0.5, 0.6) is 0 Å². The van der Waals surface area contributed by atoms with Crippen LogP contribution in [-0.2, 0) is 16.1 Å². The van der Waals surface area contributed by atoms with Gasteiger partial charge in [-0.05, 0) is 17.6 Å². The van der Waals surface area contributed by atoms with Crippen LogP contribution in [-0.4, -0.2) is 10.8 Å². The first-order valence-corrected chi connectivity index (χ1v) is 5.72. The van der Waals surface area contributed by atoms with Crippen molar-refractivity contribution >= 4 is 21.9 Å². The third kappa shape index (κ3) is 3.20. The lowest BCUT2D eigenvalue weighted by Gasteiger charge is -2.00. The summed E-state index contributed by atoms with van der Waals surface area (Å²) in [6, 6.07) is 9.66. The summed E-state index contributed by atoms with van der Waals surface area (Å²) >= 11 is 3.40. The van der Waals surface area contributed by atoms with E-state index >= 15 is 0 Å². The van der Waals surface area contributed by atoms with Crippen LogP contribution in [0.25, 0.3) is 0 Å². The van der Waals surface area contributed by atoms with E-state index < -0.39 is 0 Å². The highest BCUT2D eigenvalue weighted by molar-refractivity contribution is 9.09. The minimum atomic E-state index is -0.254. The van der Waals surface area contributed by atoms with E-state index in [0.29, 0.717) is 11.4 Å². The molecule has 3 heteroatoms. The number of ether oxygens (including phenoxy) is 1. The van der Waals surface area contributed by atoms with Gasteiger partial charge in [0, 0.05) is 10.9 Å². The summed E-state index contributed by atoms with van der Waals surface area (Å²) in [4.78, 5) is 11.7. The highest BCUT2D eigenvalue weighted by Crippen LogP contribution is 2.36. The molecule has 0 aromatic heterocycles. The molecule has 1 unspecified atom stereocenters. The lowest BCUT2D eigenvalue weighted by molar-refractivity contribution is -0.139. The first-order valence-electron chi connectivity index (χ1n) is 4.81. The van der Waals surface area contributed by atoms with Crippen LogP contribution in [0.15, 0.2) is 42.0 Å². The number of alkyl halides is 1. The van der Waals surface area contributed by atoms with Crippen molar-refractivity contribution in [2.75, 3.05) is 0 Å². The van der Waals surface area contributed by atoms with Crippen molar-refractivity contribution in [1.29, 1.82) is 0 Å². The van der Waals surface area contributed by atoms with Crippen LogP contribution in [0.3, 0.4) is 0 Å². The molecule has 0 heterocycles. The second-order valence-corrected chi connectivity index (χ2v) is 4.59. The number of carbonyl (C=O) groups excluding carboxylic acids is 1. The normalized spacial score (nSPS) is 21.4. The lowest BCUT2D eigenvalue weighted by atomic mass is 10.2. The molecule has 1 aliphatic rings. The van der Waals surface area contributed by atoms with Crippen LogP contribution < -0.4 is 0 Å². The average Bonchev–Trinajstić information content (AvgIpc) is 2.93. The maximum atomic E-state index is 11.3. The fourth-order valence-corrected chi connectivity index (χ4v) is 1.73. The Bertz CT molecular complexity index is 384. The second-order valence-electron chi connectivity index (χ2n) is 3.48. The Hall–Kier alpha value is -1.09. The second kappa shape index (κ2) is 4.62. The SMILES string of the molecule is O=C(C=C1CC1Br)OCc1ccccc1. The molecule has 1 fully saturated rings. The summed E-state index contributed by atoms with van der Waals surface area (Å²) in [5.74, 6) is -0.254. The molecule has 0 spiro atoms. The van der Waals surface area contributed by atoms with Gasteiger partial charge < -0.3 is 4.74 Å². The van der Waals surface area contributed by atoms with Gasteiger partial charge in [0.1, 0.15) is 6.61 Å². The third-order valence-electron chi connectivity index (χ3n) is 2.18. The van der Waals surface area contributed by atoms with Crippen LogP contribution in [0.2, 0.25) is 0 Å². The van der Waals surface area contributed by atoms with Crippen molar-refractivity contribution in [1.82, 2.24) is 0 Å². The summed E-state index contributed by atoms with van der Waals surface area (Å²) in [7, 11) is 0. The standard InChI is InChI=1S/C12H11BrO2/c13-11-6-10(11)7-12(14)15-8-9-4-2-1-3-5-9/h1-5,7,11H,6,8H2. The van der Waals surface area contributed by atoms with Crippen molar-refractivity contribution in [3.8, 4) is 0 Å². The van der Waals surface area contributed by atoms with E-state index in [1.807, 2.05) is 30.3 Å². The van der Waals surface area contributed by atoms with Crippen LogP contribution in [0, 0.1) is 0 Å². The number of hydrogen-bond donors (Lipinski definition) is 0. The van der Waals surface area contributed by atoms with Crippen LogP contribution in [0.1, 0.15) is 12.0 Å². The zero-order chi connectivity index (χ0) is 10.7. The topological polar surface area (TPSA) is 26.3 Å². The molecular formula is C12H11BrO2. The number of hydrogen-bond acceptors (Lipinski definition) is 2. The molecule has 0 aliphatic heterocycles. The van der Waals surface area contributed by atoms with Crippen molar-refractivity contribution in [3.63, 3.8) is 0 Å². The zero-order valence-corrected chi connectivity index (χ0v) is 9.74. The summed E-state index contributed by atoms with van der Waals surface area (Å²) in [5.41, 5.74) is 2.13. The Morgan fingerprint density at radius 2 is 2.13 bits per heavy atom. The Kier molecular flexibility index (Phi) is 3.21. The molecule has 1 aromatic carbocycles. The van der Waals surface area contributed by atoms with Crippen molar-refractivity contribution in [2.45, 2.75) is 17.9 Å². The van der Waals surface area contributed by atoms with E-state index in [-0.39, 0.29) is 5.97 Å². The Morgan fingerprint density at radius 3 is 2.73 bits per heavy atom. The number of benzene rings is 1. The number of esters is 1. The predicted octanol–water partition coefficient (Wildman–Crippen LogP) is 2.82. The molecule has 0 radical (unpaired) electrons. The minimum Gasteiger partial charge on any atom is -0.458 e. The molecule has 1 aliphatic carbocycles. The molecule has 78 valence electrons. The molecular weight excluding hydrogens is 256 g/mol. The Balaban J connectivity index is 1.81. The van der Waals surface area contributed by atoms with E-state index in [4.69, 9.17) is 4.74 Å². The van der Waals surface area contributed by atoms with Gasteiger partial charge >= 0.3 is 5.97 Å². The maximum Gasteiger partial charge on any atom is 0.331 e. The molecule has 15 heavy (non-hydrogen) atoms. The van der Waals surface area contributed by atoms with Gasteiger partial charge in [0.15, 0.2) is 0 Å². The third-order valence-corrected chi connectivity index (χ3v) is 3.10. The average molecular weight is 267 g/mol. The first-order chi connectivity index (χ1) is 7.25. The number of carbonyl (C=O) groups is 1. The van der Waals surface area contributed by atoms with E-state index in [9.17, 15) is 4.79 Å². The molecule has 2 rings (SSSR count). The highest BCUT2D eigenvalue weighted by atomic mass is 79.9. The fraction of sp³-hybridized carbons (Fsp3) is 0.250. The first kappa shape index (κ1) is 10.4. The summed E-state index contributed by atoms with van der Waals surface area (Å²) in [6.45, 7) is 0.344. The molecule has 1 saturated carbocycles. The predicted molar refractivity (Wildman–Crippen MR) is 61.7 cm³/mol. The largest absolute Gasteiger partial charge is 0.458 e. The lowest BCUT2D eigenvalue weighted by Crippen LogP contribution is -2.00.